The molecular formula is C10H21O2. The summed E-state index contributed by atoms with van der Waals surface area (Å²) < 4.78 is 10.8. The maximum absolute atomic E-state index is 5.51. The van der Waals surface area contributed by atoms with Crippen molar-refractivity contribution in [2.75, 3.05) is 19.8 Å². The highest BCUT2D eigenvalue weighted by Crippen LogP contribution is 2.06. The average molecular weight is 173 g/mol. The summed E-state index contributed by atoms with van der Waals surface area (Å²) in [6.45, 7) is 10.2. The summed E-state index contributed by atoms with van der Waals surface area (Å²) in [5.41, 5.74) is 0. The van der Waals surface area contributed by atoms with Gasteiger partial charge in [0, 0.05) is 19.8 Å². The van der Waals surface area contributed by atoms with Crippen LogP contribution in [0.1, 0.15) is 33.1 Å². The van der Waals surface area contributed by atoms with Crippen molar-refractivity contribution in [2.45, 2.75) is 39.2 Å². The third-order valence-electron chi connectivity index (χ3n) is 1.72. The Morgan fingerprint density at radius 3 is 2.42 bits per heavy atom. The van der Waals surface area contributed by atoms with Gasteiger partial charge in [0.25, 0.3) is 0 Å². The van der Waals surface area contributed by atoms with E-state index in [1.54, 1.807) is 0 Å². The van der Waals surface area contributed by atoms with Crippen LogP contribution >= 0.6 is 0 Å². The number of ether oxygens (including phenoxy) is 2. The van der Waals surface area contributed by atoms with Gasteiger partial charge in [-0.2, -0.15) is 0 Å². The van der Waals surface area contributed by atoms with E-state index in [1.165, 1.54) is 0 Å². The summed E-state index contributed by atoms with van der Waals surface area (Å²) >= 11 is 0. The first-order chi connectivity index (χ1) is 5.85. The second kappa shape index (κ2) is 9.01. The highest BCUT2D eigenvalue weighted by atomic mass is 16.5. The number of hydrogen-bond acceptors (Lipinski definition) is 2. The van der Waals surface area contributed by atoms with Gasteiger partial charge in [0.1, 0.15) is 0 Å². The van der Waals surface area contributed by atoms with Gasteiger partial charge in [-0.3, -0.25) is 0 Å². The summed E-state index contributed by atoms with van der Waals surface area (Å²) in [6, 6.07) is 0. The largest absolute Gasteiger partial charge is 0.382 e. The van der Waals surface area contributed by atoms with Gasteiger partial charge in [-0.1, -0.05) is 13.3 Å². The molecule has 2 nitrogen and oxygen atoms in total. The molecule has 0 heterocycles. The molecule has 0 amide bonds. The topological polar surface area (TPSA) is 18.5 Å². The molecule has 1 atom stereocenters. The Morgan fingerprint density at radius 1 is 1.17 bits per heavy atom. The normalized spacial score (nSPS) is 13.2. The van der Waals surface area contributed by atoms with Gasteiger partial charge in [-0.05, 0) is 26.7 Å². The maximum Gasteiger partial charge on any atom is 0.0596 e. The van der Waals surface area contributed by atoms with Crippen LogP contribution in [0.2, 0.25) is 0 Å². The fourth-order valence-electron chi connectivity index (χ4n) is 1.13. The van der Waals surface area contributed by atoms with Gasteiger partial charge in [-0.15, -0.1) is 0 Å². The minimum atomic E-state index is 0.346. The van der Waals surface area contributed by atoms with Crippen LogP contribution in [0.4, 0.5) is 0 Å². The molecule has 73 valence electrons. The lowest BCUT2D eigenvalue weighted by Crippen LogP contribution is -2.15. The Labute approximate surface area is 76.3 Å². The van der Waals surface area contributed by atoms with Crippen LogP contribution in [0.15, 0.2) is 0 Å². The Bertz CT molecular complexity index is 77.9. The van der Waals surface area contributed by atoms with E-state index >= 15 is 0 Å². The average Bonchev–Trinajstić information content (AvgIpc) is 2.06. The quantitative estimate of drug-likeness (QED) is 0.525. The van der Waals surface area contributed by atoms with Gasteiger partial charge in [-0.25, -0.2) is 0 Å². The zero-order valence-electron chi connectivity index (χ0n) is 8.34. The SMILES string of the molecule is [CH2]CCC(CCOCC)OCC. The molecule has 0 aromatic heterocycles. The van der Waals surface area contributed by atoms with Gasteiger partial charge in [0.2, 0.25) is 0 Å². The minimum Gasteiger partial charge on any atom is -0.382 e. The molecule has 0 rings (SSSR count). The van der Waals surface area contributed by atoms with Crippen LogP contribution in [0.5, 0.6) is 0 Å². The number of rotatable bonds is 8. The molecule has 0 saturated carbocycles. The van der Waals surface area contributed by atoms with E-state index in [9.17, 15) is 0 Å². The molecule has 12 heavy (non-hydrogen) atoms. The number of hydrogen-bond donors (Lipinski definition) is 0. The van der Waals surface area contributed by atoms with E-state index in [0.717, 1.165) is 39.1 Å². The van der Waals surface area contributed by atoms with Crippen LogP contribution in [0, 0.1) is 6.92 Å². The first kappa shape index (κ1) is 11.9. The van der Waals surface area contributed by atoms with Gasteiger partial charge in [0.05, 0.1) is 6.10 Å². The predicted octanol–water partition coefficient (Wildman–Crippen LogP) is 2.43. The summed E-state index contributed by atoms with van der Waals surface area (Å²) in [5.74, 6) is 0. The van der Waals surface area contributed by atoms with Crippen molar-refractivity contribution >= 4 is 0 Å². The molecule has 2 heteroatoms. The van der Waals surface area contributed by atoms with Crippen LogP contribution in [0.3, 0.4) is 0 Å². The highest BCUT2D eigenvalue weighted by molar-refractivity contribution is 4.58. The Kier molecular flexibility index (Phi) is 8.95. The monoisotopic (exact) mass is 173 g/mol. The zero-order chi connectivity index (χ0) is 9.23. The summed E-state index contributed by atoms with van der Waals surface area (Å²) in [7, 11) is 0. The summed E-state index contributed by atoms with van der Waals surface area (Å²) in [5, 5.41) is 0. The standard InChI is InChI=1S/C10H21O2/c1-4-7-10(12-6-3)8-9-11-5-2/h10H,1,4-9H2,2-3H3. The highest BCUT2D eigenvalue weighted by Gasteiger charge is 2.05. The molecule has 0 aromatic rings. The van der Waals surface area contributed by atoms with Crippen molar-refractivity contribution in [3.63, 3.8) is 0 Å². The molecule has 0 saturated heterocycles. The molecule has 0 aliphatic rings. The van der Waals surface area contributed by atoms with Crippen LogP contribution < -0.4 is 0 Å². The fraction of sp³-hybridized carbons (Fsp3) is 0.900. The van der Waals surface area contributed by atoms with E-state index in [2.05, 4.69) is 6.92 Å². The first-order valence-corrected chi connectivity index (χ1v) is 4.83. The smallest absolute Gasteiger partial charge is 0.0596 e. The van der Waals surface area contributed by atoms with Crippen molar-refractivity contribution in [3.05, 3.63) is 6.92 Å². The zero-order valence-corrected chi connectivity index (χ0v) is 8.34. The van der Waals surface area contributed by atoms with Crippen LogP contribution in [-0.4, -0.2) is 25.9 Å². The molecule has 0 fully saturated rings. The van der Waals surface area contributed by atoms with Gasteiger partial charge < -0.3 is 9.47 Å². The van der Waals surface area contributed by atoms with Crippen molar-refractivity contribution in [2.24, 2.45) is 0 Å². The van der Waals surface area contributed by atoms with Crippen LogP contribution in [-0.2, 0) is 9.47 Å². The third-order valence-corrected chi connectivity index (χ3v) is 1.72. The van der Waals surface area contributed by atoms with Crippen molar-refractivity contribution in [1.29, 1.82) is 0 Å². The van der Waals surface area contributed by atoms with Crippen LogP contribution in [0.25, 0.3) is 0 Å². The van der Waals surface area contributed by atoms with Crippen molar-refractivity contribution in [1.82, 2.24) is 0 Å². The molecule has 0 aliphatic carbocycles. The van der Waals surface area contributed by atoms with E-state index in [-0.39, 0.29) is 0 Å². The lowest BCUT2D eigenvalue weighted by Gasteiger charge is -2.15. The lowest BCUT2D eigenvalue weighted by atomic mass is 10.1. The Hall–Kier alpha value is -0.0800. The lowest BCUT2D eigenvalue weighted by molar-refractivity contribution is 0.0256. The molecule has 0 spiro atoms. The summed E-state index contributed by atoms with van der Waals surface area (Å²) in [4.78, 5) is 0. The Balaban J connectivity index is 3.34. The molecule has 0 N–H and O–H groups in total. The predicted molar refractivity (Wildman–Crippen MR) is 51.1 cm³/mol. The van der Waals surface area contributed by atoms with Crippen molar-refractivity contribution in [3.8, 4) is 0 Å². The first-order valence-electron chi connectivity index (χ1n) is 4.83. The van der Waals surface area contributed by atoms with E-state index in [4.69, 9.17) is 9.47 Å². The van der Waals surface area contributed by atoms with Gasteiger partial charge in [0.15, 0.2) is 0 Å². The molecule has 0 aliphatic heterocycles. The Morgan fingerprint density at radius 2 is 1.92 bits per heavy atom. The summed E-state index contributed by atoms with van der Waals surface area (Å²) in [6.07, 6.45) is 3.33. The third kappa shape index (κ3) is 6.62. The molecule has 1 radical (unpaired) electrons. The fourth-order valence-corrected chi connectivity index (χ4v) is 1.13. The second-order valence-electron chi connectivity index (χ2n) is 2.71. The van der Waals surface area contributed by atoms with E-state index in [1.807, 2.05) is 13.8 Å². The van der Waals surface area contributed by atoms with Crippen molar-refractivity contribution < 1.29 is 9.47 Å². The molecule has 0 bridgehead atoms. The minimum absolute atomic E-state index is 0.346. The van der Waals surface area contributed by atoms with Gasteiger partial charge >= 0.3 is 0 Å². The van der Waals surface area contributed by atoms with E-state index in [0.29, 0.717) is 6.10 Å². The maximum atomic E-state index is 5.51. The molecule has 0 aromatic carbocycles. The molecule has 1 unspecified atom stereocenters. The molecular weight excluding hydrogens is 152 g/mol. The second-order valence-corrected chi connectivity index (χ2v) is 2.71. The van der Waals surface area contributed by atoms with E-state index < -0.39 is 0 Å².